The molecule has 1 saturated carbocycles. The lowest BCUT2D eigenvalue weighted by molar-refractivity contribution is -0.0162. The first-order chi connectivity index (χ1) is 7.68. The van der Waals surface area contributed by atoms with Crippen molar-refractivity contribution >= 4 is 0 Å². The van der Waals surface area contributed by atoms with Gasteiger partial charge < -0.3 is 15.7 Å². The fourth-order valence-corrected chi connectivity index (χ4v) is 2.92. The van der Waals surface area contributed by atoms with E-state index in [1.54, 1.807) is 0 Å². The Morgan fingerprint density at radius 2 is 1.88 bits per heavy atom. The van der Waals surface area contributed by atoms with Crippen molar-refractivity contribution in [1.29, 1.82) is 0 Å². The predicted octanol–water partition coefficient (Wildman–Crippen LogP) is 1.21. The second-order valence-corrected chi connectivity index (χ2v) is 5.71. The Kier molecular flexibility index (Phi) is 3.88. The van der Waals surface area contributed by atoms with Gasteiger partial charge in [0.15, 0.2) is 0 Å². The third-order valence-corrected chi connectivity index (χ3v) is 4.47. The van der Waals surface area contributed by atoms with E-state index in [0.717, 1.165) is 25.6 Å². The van der Waals surface area contributed by atoms with Crippen LogP contribution in [0.25, 0.3) is 0 Å². The van der Waals surface area contributed by atoms with Crippen molar-refractivity contribution in [1.82, 2.24) is 4.90 Å². The van der Waals surface area contributed by atoms with Gasteiger partial charge in [0.05, 0.1) is 5.60 Å². The summed E-state index contributed by atoms with van der Waals surface area (Å²) in [6.07, 6.45) is 6.22. The van der Waals surface area contributed by atoms with E-state index >= 15 is 0 Å². The maximum absolute atomic E-state index is 10.5. The summed E-state index contributed by atoms with van der Waals surface area (Å²) in [5.74, 6) is 1.38. The summed E-state index contributed by atoms with van der Waals surface area (Å²) < 4.78 is 0. The largest absolute Gasteiger partial charge is 0.387 e. The molecule has 0 aromatic carbocycles. The number of nitrogens with two attached hydrogens (primary N) is 1. The van der Waals surface area contributed by atoms with Gasteiger partial charge in [-0.1, -0.05) is 13.3 Å². The van der Waals surface area contributed by atoms with Crippen LogP contribution in [0.5, 0.6) is 0 Å². The molecule has 0 aromatic heterocycles. The highest BCUT2D eigenvalue weighted by molar-refractivity contribution is 4.97. The second kappa shape index (κ2) is 5.03. The smallest absolute Gasteiger partial charge is 0.0923 e. The number of nitrogens with zero attached hydrogens (tertiary/aromatic N) is 1. The minimum absolute atomic E-state index is 0.422. The Morgan fingerprint density at radius 1 is 1.25 bits per heavy atom. The summed E-state index contributed by atoms with van der Waals surface area (Å²) >= 11 is 0. The number of likely N-dealkylation sites (tertiary alicyclic amines) is 1. The molecule has 1 aliphatic heterocycles. The molecule has 16 heavy (non-hydrogen) atoms. The van der Waals surface area contributed by atoms with Crippen molar-refractivity contribution in [3.63, 3.8) is 0 Å². The van der Waals surface area contributed by atoms with Gasteiger partial charge in [0.25, 0.3) is 0 Å². The van der Waals surface area contributed by atoms with Crippen molar-refractivity contribution in [3.05, 3.63) is 0 Å². The first-order valence-electron chi connectivity index (χ1n) is 6.82. The molecule has 2 aliphatic rings. The van der Waals surface area contributed by atoms with E-state index in [0.29, 0.717) is 12.5 Å². The lowest BCUT2D eigenvalue weighted by Crippen LogP contribution is -2.51. The normalized spacial score (nSPS) is 27.9. The molecule has 1 aliphatic carbocycles. The molecule has 94 valence electrons. The van der Waals surface area contributed by atoms with E-state index in [4.69, 9.17) is 5.73 Å². The number of β-amino-alcohol motifs (C(OH)–C–C–N with tert-alkyl or cyclic N) is 1. The minimum Gasteiger partial charge on any atom is -0.387 e. The third kappa shape index (κ3) is 2.76. The van der Waals surface area contributed by atoms with Gasteiger partial charge >= 0.3 is 0 Å². The van der Waals surface area contributed by atoms with Crippen molar-refractivity contribution < 1.29 is 5.11 Å². The van der Waals surface area contributed by atoms with Gasteiger partial charge in [-0.25, -0.2) is 0 Å². The van der Waals surface area contributed by atoms with Crippen LogP contribution >= 0.6 is 0 Å². The summed E-state index contributed by atoms with van der Waals surface area (Å²) in [5, 5.41) is 10.5. The average molecular weight is 226 g/mol. The van der Waals surface area contributed by atoms with Crippen LogP contribution in [0.3, 0.4) is 0 Å². The molecule has 3 nitrogen and oxygen atoms in total. The fourth-order valence-electron chi connectivity index (χ4n) is 2.92. The Hall–Kier alpha value is -0.120. The third-order valence-electron chi connectivity index (χ3n) is 4.47. The molecular formula is C13H26N2O. The molecule has 2 fully saturated rings. The summed E-state index contributed by atoms with van der Waals surface area (Å²) in [5.41, 5.74) is 5.14. The molecule has 1 saturated heterocycles. The van der Waals surface area contributed by atoms with E-state index in [9.17, 15) is 5.11 Å². The summed E-state index contributed by atoms with van der Waals surface area (Å²) in [6, 6.07) is 0. The van der Waals surface area contributed by atoms with Crippen molar-refractivity contribution in [2.75, 3.05) is 26.2 Å². The zero-order valence-corrected chi connectivity index (χ0v) is 10.5. The van der Waals surface area contributed by atoms with E-state index < -0.39 is 5.60 Å². The molecule has 1 unspecified atom stereocenters. The molecule has 3 N–H and O–H groups in total. The van der Waals surface area contributed by atoms with Crippen LogP contribution in [-0.4, -0.2) is 41.8 Å². The van der Waals surface area contributed by atoms with Gasteiger partial charge in [0.1, 0.15) is 0 Å². The first-order valence-corrected chi connectivity index (χ1v) is 6.82. The maximum Gasteiger partial charge on any atom is 0.0923 e. The van der Waals surface area contributed by atoms with Crippen LogP contribution in [0.4, 0.5) is 0 Å². The van der Waals surface area contributed by atoms with Gasteiger partial charge in [-0.2, -0.15) is 0 Å². The molecule has 0 bridgehead atoms. The molecule has 3 heteroatoms. The molecule has 0 amide bonds. The Bertz CT molecular complexity index is 222. The maximum atomic E-state index is 10.5. The number of aliphatic hydroxyl groups is 1. The number of rotatable bonds is 5. The summed E-state index contributed by atoms with van der Waals surface area (Å²) in [6.45, 7) is 5.79. The minimum atomic E-state index is -0.598. The Morgan fingerprint density at radius 3 is 2.31 bits per heavy atom. The van der Waals surface area contributed by atoms with E-state index in [-0.39, 0.29) is 0 Å². The molecule has 0 radical (unpaired) electrons. The van der Waals surface area contributed by atoms with Crippen molar-refractivity contribution in [2.45, 2.75) is 44.6 Å². The highest BCUT2D eigenvalue weighted by atomic mass is 16.3. The van der Waals surface area contributed by atoms with Crippen LogP contribution < -0.4 is 5.73 Å². The molecule has 1 heterocycles. The SMILES string of the molecule is CCC1CCN(CC(O)(CN)C2CC2)CC1. The monoisotopic (exact) mass is 226 g/mol. The van der Waals surface area contributed by atoms with Crippen LogP contribution in [0.2, 0.25) is 0 Å². The molecule has 2 rings (SSSR count). The van der Waals surface area contributed by atoms with Crippen molar-refractivity contribution in [2.24, 2.45) is 17.6 Å². The zero-order valence-electron chi connectivity index (χ0n) is 10.5. The summed E-state index contributed by atoms with van der Waals surface area (Å²) in [4.78, 5) is 2.41. The zero-order chi connectivity index (χ0) is 11.6. The lowest BCUT2D eigenvalue weighted by Gasteiger charge is -2.37. The van der Waals surface area contributed by atoms with E-state index in [1.807, 2.05) is 0 Å². The highest BCUT2D eigenvalue weighted by Gasteiger charge is 2.43. The molecular weight excluding hydrogens is 200 g/mol. The van der Waals surface area contributed by atoms with Gasteiger partial charge in [0, 0.05) is 13.1 Å². The topological polar surface area (TPSA) is 49.5 Å². The van der Waals surface area contributed by atoms with Crippen LogP contribution in [0.15, 0.2) is 0 Å². The average Bonchev–Trinajstić information content (AvgIpc) is 3.14. The van der Waals surface area contributed by atoms with Gasteiger partial charge in [-0.05, 0) is 50.6 Å². The molecule has 0 aromatic rings. The second-order valence-electron chi connectivity index (χ2n) is 5.71. The van der Waals surface area contributed by atoms with Crippen LogP contribution in [0.1, 0.15) is 39.0 Å². The van der Waals surface area contributed by atoms with E-state index in [1.165, 1.54) is 32.1 Å². The number of piperidine rings is 1. The Balaban J connectivity index is 1.81. The van der Waals surface area contributed by atoms with Gasteiger partial charge in [-0.3, -0.25) is 0 Å². The van der Waals surface area contributed by atoms with Crippen LogP contribution in [0, 0.1) is 11.8 Å². The quantitative estimate of drug-likeness (QED) is 0.741. The van der Waals surface area contributed by atoms with Gasteiger partial charge in [-0.15, -0.1) is 0 Å². The molecule has 1 atom stereocenters. The molecule has 0 spiro atoms. The number of hydrogen-bond acceptors (Lipinski definition) is 3. The highest BCUT2D eigenvalue weighted by Crippen LogP contribution is 2.40. The van der Waals surface area contributed by atoms with Gasteiger partial charge in [0.2, 0.25) is 0 Å². The summed E-state index contributed by atoms with van der Waals surface area (Å²) in [7, 11) is 0. The number of hydrogen-bond donors (Lipinski definition) is 2. The standard InChI is InChI=1S/C13H26N2O/c1-2-11-5-7-15(8-6-11)10-13(16,9-14)12-3-4-12/h11-12,16H,2-10,14H2,1H3. The predicted molar refractivity (Wildman–Crippen MR) is 66.2 cm³/mol. The first kappa shape index (κ1) is 12.3. The van der Waals surface area contributed by atoms with Crippen LogP contribution in [-0.2, 0) is 0 Å². The van der Waals surface area contributed by atoms with E-state index in [2.05, 4.69) is 11.8 Å². The Labute approximate surface area is 99.0 Å². The fraction of sp³-hybridized carbons (Fsp3) is 1.00. The lowest BCUT2D eigenvalue weighted by atomic mass is 9.91. The van der Waals surface area contributed by atoms with Crippen molar-refractivity contribution in [3.8, 4) is 0 Å².